The number of fused-ring (bicyclic) bond motifs is 1. The van der Waals surface area contributed by atoms with Crippen molar-refractivity contribution in [3.8, 4) is 23.0 Å². The van der Waals surface area contributed by atoms with Crippen molar-refractivity contribution in [1.82, 2.24) is 14.8 Å². The standard InChI is InChI=1S/C23H25N5O5/c1-13-18(22(29)27-14-6-8-15(30-2)9-7-14)19(28-23(26-13)24-12-25-28)16-10-11-17(31-3)21(33-5)20(16)32-4/h6-12,19H,1-5H3,(H,27,29)(H,24,25,26)/t19-/m0/s1. The zero-order valence-electron chi connectivity index (χ0n) is 19.0. The number of amides is 1. The summed E-state index contributed by atoms with van der Waals surface area (Å²) in [6.07, 6.45) is 1.43. The molecule has 1 amide bonds. The van der Waals surface area contributed by atoms with Crippen LogP contribution in [0.2, 0.25) is 0 Å². The Morgan fingerprint density at radius 2 is 1.70 bits per heavy atom. The SMILES string of the molecule is COc1ccc(NC(=O)C2=C(C)Nc3ncnn3[C@H]2c2ccc(OC)c(OC)c2OC)cc1. The number of benzene rings is 2. The molecule has 3 aromatic rings. The van der Waals surface area contributed by atoms with E-state index in [1.54, 1.807) is 49.2 Å². The van der Waals surface area contributed by atoms with E-state index >= 15 is 0 Å². The smallest absolute Gasteiger partial charge is 0.255 e. The van der Waals surface area contributed by atoms with Crippen LogP contribution in [0.25, 0.3) is 0 Å². The fourth-order valence-electron chi connectivity index (χ4n) is 3.89. The normalized spacial score (nSPS) is 14.8. The van der Waals surface area contributed by atoms with Crippen LogP contribution in [0, 0.1) is 0 Å². The lowest BCUT2D eigenvalue weighted by atomic mass is 9.93. The van der Waals surface area contributed by atoms with E-state index in [2.05, 4.69) is 20.7 Å². The highest BCUT2D eigenvalue weighted by molar-refractivity contribution is 6.06. The van der Waals surface area contributed by atoms with E-state index in [9.17, 15) is 4.79 Å². The molecule has 2 N–H and O–H groups in total. The molecule has 0 fully saturated rings. The van der Waals surface area contributed by atoms with Crippen LogP contribution in [-0.2, 0) is 4.79 Å². The van der Waals surface area contributed by atoms with Gasteiger partial charge in [-0.2, -0.15) is 10.1 Å². The number of hydrogen-bond acceptors (Lipinski definition) is 8. The number of allylic oxidation sites excluding steroid dienone is 1. The molecule has 0 aliphatic carbocycles. The molecule has 1 atom stereocenters. The number of carbonyl (C=O) groups excluding carboxylic acids is 1. The maximum absolute atomic E-state index is 13.5. The molecule has 4 rings (SSSR count). The molecule has 0 unspecified atom stereocenters. The van der Waals surface area contributed by atoms with Crippen LogP contribution in [0.5, 0.6) is 23.0 Å². The molecule has 1 aromatic heterocycles. The second kappa shape index (κ2) is 9.11. The number of hydrogen-bond donors (Lipinski definition) is 2. The van der Waals surface area contributed by atoms with Gasteiger partial charge in [-0.25, -0.2) is 4.68 Å². The topological polar surface area (TPSA) is 109 Å². The lowest BCUT2D eigenvalue weighted by Gasteiger charge is -2.30. The Kier molecular flexibility index (Phi) is 6.07. The van der Waals surface area contributed by atoms with Gasteiger partial charge in [0.1, 0.15) is 18.1 Å². The Labute approximate surface area is 191 Å². The number of methoxy groups -OCH3 is 4. The Bertz CT molecular complexity index is 1200. The molecule has 33 heavy (non-hydrogen) atoms. The van der Waals surface area contributed by atoms with E-state index < -0.39 is 6.04 Å². The van der Waals surface area contributed by atoms with Crippen molar-refractivity contribution in [2.45, 2.75) is 13.0 Å². The number of anilines is 2. The monoisotopic (exact) mass is 451 g/mol. The molecule has 0 saturated carbocycles. The van der Waals surface area contributed by atoms with Crippen LogP contribution < -0.4 is 29.6 Å². The van der Waals surface area contributed by atoms with Crippen molar-refractivity contribution in [1.29, 1.82) is 0 Å². The van der Waals surface area contributed by atoms with Crippen LogP contribution in [0.4, 0.5) is 11.6 Å². The number of ether oxygens (including phenoxy) is 4. The fourth-order valence-corrected chi connectivity index (χ4v) is 3.89. The molecule has 0 saturated heterocycles. The first-order valence-corrected chi connectivity index (χ1v) is 10.1. The van der Waals surface area contributed by atoms with Crippen molar-refractivity contribution >= 4 is 17.5 Å². The summed E-state index contributed by atoms with van der Waals surface area (Å²) in [7, 11) is 6.21. The van der Waals surface area contributed by atoms with Crippen molar-refractivity contribution in [3.05, 3.63) is 59.6 Å². The van der Waals surface area contributed by atoms with E-state index in [-0.39, 0.29) is 5.91 Å². The lowest BCUT2D eigenvalue weighted by molar-refractivity contribution is -0.113. The zero-order chi connectivity index (χ0) is 23.5. The average Bonchev–Trinajstić information content (AvgIpc) is 3.30. The van der Waals surface area contributed by atoms with Gasteiger partial charge in [-0.3, -0.25) is 4.79 Å². The molecule has 2 heterocycles. The molecule has 10 heteroatoms. The number of carbonyl (C=O) groups is 1. The fraction of sp³-hybridized carbons (Fsp3) is 0.261. The van der Waals surface area contributed by atoms with Gasteiger partial charge < -0.3 is 29.6 Å². The first-order chi connectivity index (χ1) is 16.0. The van der Waals surface area contributed by atoms with Gasteiger partial charge in [-0.05, 0) is 43.3 Å². The first kappa shape index (κ1) is 22.0. The first-order valence-electron chi connectivity index (χ1n) is 10.1. The van der Waals surface area contributed by atoms with Crippen molar-refractivity contribution in [3.63, 3.8) is 0 Å². The van der Waals surface area contributed by atoms with Crippen LogP contribution in [-0.4, -0.2) is 49.1 Å². The molecule has 1 aliphatic heterocycles. The predicted octanol–water partition coefficient (Wildman–Crippen LogP) is 3.24. The van der Waals surface area contributed by atoms with Crippen molar-refractivity contribution in [2.24, 2.45) is 0 Å². The summed E-state index contributed by atoms with van der Waals surface area (Å²) in [5.41, 5.74) is 2.39. The third kappa shape index (κ3) is 3.91. The summed E-state index contributed by atoms with van der Waals surface area (Å²) < 4.78 is 23.5. The lowest BCUT2D eigenvalue weighted by Crippen LogP contribution is -2.31. The van der Waals surface area contributed by atoms with Gasteiger partial charge in [0.05, 0.1) is 34.0 Å². The maximum atomic E-state index is 13.5. The van der Waals surface area contributed by atoms with Crippen LogP contribution >= 0.6 is 0 Å². The van der Waals surface area contributed by atoms with Gasteiger partial charge in [-0.15, -0.1) is 0 Å². The largest absolute Gasteiger partial charge is 0.497 e. The summed E-state index contributed by atoms with van der Waals surface area (Å²) in [6, 6.07) is 10.1. The second-order valence-corrected chi connectivity index (χ2v) is 7.20. The highest BCUT2D eigenvalue weighted by atomic mass is 16.5. The molecule has 2 aromatic carbocycles. The molecule has 0 spiro atoms. The van der Waals surface area contributed by atoms with E-state index in [1.807, 2.05) is 13.0 Å². The van der Waals surface area contributed by atoms with Crippen LogP contribution in [0.15, 0.2) is 54.0 Å². The molecular formula is C23H25N5O5. The molecular weight excluding hydrogens is 426 g/mol. The van der Waals surface area contributed by atoms with Gasteiger partial charge >= 0.3 is 0 Å². The zero-order valence-corrected chi connectivity index (χ0v) is 19.0. The van der Waals surface area contributed by atoms with Crippen LogP contribution in [0.3, 0.4) is 0 Å². The second-order valence-electron chi connectivity index (χ2n) is 7.20. The molecule has 10 nitrogen and oxygen atoms in total. The Morgan fingerprint density at radius 1 is 0.970 bits per heavy atom. The summed E-state index contributed by atoms with van der Waals surface area (Å²) in [4.78, 5) is 17.8. The summed E-state index contributed by atoms with van der Waals surface area (Å²) >= 11 is 0. The van der Waals surface area contributed by atoms with Crippen molar-refractivity contribution < 1.29 is 23.7 Å². The van der Waals surface area contributed by atoms with Crippen LogP contribution in [0.1, 0.15) is 18.5 Å². The van der Waals surface area contributed by atoms with Gasteiger partial charge in [0.2, 0.25) is 11.7 Å². The third-order valence-corrected chi connectivity index (χ3v) is 5.42. The Balaban J connectivity index is 1.82. The highest BCUT2D eigenvalue weighted by Gasteiger charge is 2.36. The minimum absolute atomic E-state index is 0.298. The van der Waals surface area contributed by atoms with E-state index in [0.717, 1.165) is 0 Å². The average molecular weight is 451 g/mol. The minimum Gasteiger partial charge on any atom is -0.497 e. The molecule has 0 radical (unpaired) electrons. The number of rotatable bonds is 7. The Morgan fingerprint density at radius 3 is 2.33 bits per heavy atom. The maximum Gasteiger partial charge on any atom is 0.255 e. The van der Waals surface area contributed by atoms with Gasteiger partial charge in [0.25, 0.3) is 5.91 Å². The summed E-state index contributed by atoms with van der Waals surface area (Å²) in [5.74, 6) is 2.28. The summed E-state index contributed by atoms with van der Waals surface area (Å²) in [6.45, 7) is 1.82. The van der Waals surface area contributed by atoms with Gasteiger partial charge in [0.15, 0.2) is 11.5 Å². The Hall–Kier alpha value is -4.21. The van der Waals surface area contributed by atoms with E-state index in [0.29, 0.717) is 51.5 Å². The molecule has 1 aliphatic rings. The number of aromatic nitrogens is 3. The van der Waals surface area contributed by atoms with Gasteiger partial charge in [0, 0.05) is 16.9 Å². The predicted molar refractivity (Wildman–Crippen MR) is 122 cm³/mol. The number of nitrogens with one attached hydrogen (secondary N) is 2. The summed E-state index contributed by atoms with van der Waals surface area (Å²) in [5, 5.41) is 10.5. The van der Waals surface area contributed by atoms with Crippen molar-refractivity contribution in [2.75, 3.05) is 39.1 Å². The third-order valence-electron chi connectivity index (χ3n) is 5.42. The van der Waals surface area contributed by atoms with E-state index in [1.165, 1.54) is 20.5 Å². The highest BCUT2D eigenvalue weighted by Crippen LogP contribution is 2.46. The quantitative estimate of drug-likeness (QED) is 0.564. The molecule has 172 valence electrons. The minimum atomic E-state index is -0.628. The number of nitrogens with zero attached hydrogens (tertiary/aromatic N) is 3. The molecule has 0 bridgehead atoms. The van der Waals surface area contributed by atoms with E-state index in [4.69, 9.17) is 18.9 Å². The van der Waals surface area contributed by atoms with Gasteiger partial charge in [-0.1, -0.05) is 0 Å².